The lowest BCUT2D eigenvalue weighted by atomic mass is 10.1. The molecule has 0 saturated heterocycles. The summed E-state index contributed by atoms with van der Waals surface area (Å²) in [5.41, 5.74) is 8.36. The normalized spacial score (nSPS) is 10.5. The van der Waals surface area contributed by atoms with Crippen LogP contribution in [0.1, 0.15) is 31.8 Å². The summed E-state index contributed by atoms with van der Waals surface area (Å²) in [5, 5.41) is 0. The average molecular weight is 348 g/mol. The minimum Gasteiger partial charge on any atom is -0.366 e. The smallest absolute Gasteiger partial charge is 0.253 e. The molecule has 3 rings (SSSR count). The average Bonchev–Trinajstić information content (AvgIpc) is 3.15. The van der Waals surface area contributed by atoms with E-state index in [4.69, 9.17) is 5.73 Å². The summed E-state index contributed by atoms with van der Waals surface area (Å²) in [7, 11) is 1.75. The Bertz CT molecular complexity index is 885. The molecule has 132 valence electrons. The van der Waals surface area contributed by atoms with Gasteiger partial charge in [-0.15, -0.1) is 0 Å². The second-order valence-corrected chi connectivity index (χ2v) is 6.15. The highest BCUT2D eigenvalue weighted by molar-refractivity contribution is 5.94. The number of aromatic nitrogens is 2. The first-order chi connectivity index (χ1) is 12.5. The third-order valence-corrected chi connectivity index (χ3v) is 4.13. The molecule has 3 aromatic rings. The number of primary amides is 1. The van der Waals surface area contributed by atoms with Crippen molar-refractivity contribution in [2.24, 2.45) is 5.73 Å². The highest BCUT2D eigenvalue weighted by Gasteiger charge is 2.12. The summed E-state index contributed by atoms with van der Waals surface area (Å²) in [5.74, 6) is -0.519. The maximum absolute atomic E-state index is 12.6. The Labute approximate surface area is 151 Å². The van der Waals surface area contributed by atoms with Crippen LogP contribution in [0, 0.1) is 0 Å². The van der Waals surface area contributed by atoms with E-state index in [9.17, 15) is 9.59 Å². The predicted octanol–water partition coefficient (Wildman–Crippen LogP) is 2.30. The van der Waals surface area contributed by atoms with Crippen LogP contribution in [0.5, 0.6) is 0 Å². The van der Waals surface area contributed by atoms with Crippen LogP contribution in [0.3, 0.4) is 0 Å². The summed E-state index contributed by atoms with van der Waals surface area (Å²) < 4.78 is 1.97. The SMILES string of the molecule is CN(Cc1ccc(C(N)=O)cc1)C(=O)c1ccc(Cn2ccnc2)cc1. The van der Waals surface area contributed by atoms with Gasteiger partial charge in [0.15, 0.2) is 0 Å². The molecule has 0 spiro atoms. The number of carbonyl (C=O) groups excluding carboxylic acids is 2. The Kier molecular flexibility index (Phi) is 5.12. The zero-order chi connectivity index (χ0) is 18.5. The monoisotopic (exact) mass is 348 g/mol. The van der Waals surface area contributed by atoms with Crippen molar-refractivity contribution in [3.05, 3.63) is 89.5 Å². The van der Waals surface area contributed by atoms with Gasteiger partial charge in [0.1, 0.15) is 0 Å². The number of benzene rings is 2. The van der Waals surface area contributed by atoms with Gasteiger partial charge in [-0.3, -0.25) is 9.59 Å². The van der Waals surface area contributed by atoms with Crippen LogP contribution in [-0.4, -0.2) is 33.3 Å². The van der Waals surface area contributed by atoms with Gasteiger partial charge < -0.3 is 15.2 Å². The van der Waals surface area contributed by atoms with Crippen molar-refractivity contribution in [2.45, 2.75) is 13.1 Å². The number of hydrogen-bond acceptors (Lipinski definition) is 3. The molecule has 0 aliphatic carbocycles. The second kappa shape index (κ2) is 7.65. The van der Waals surface area contributed by atoms with Gasteiger partial charge in [0, 0.05) is 43.7 Å². The zero-order valence-corrected chi connectivity index (χ0v) is 14.5. The van der Waals surface area contributed by atoms with Crippen molar-refractivity contribution >= 4 is 11.8 Å². The Balaban J connectivity index is 1.63. The first-order valence-corrected chi connectivity index (χ1v) is 8.22. The van der Waals surface area contributed by atoms with Crippen molar-refractivity contribution < 1.29 is 9.59 Å². The number of rotatable bonds is 6. The molecule has 0 saturated carbocycles. The van der Waals surface area contributed by atoms with E-state index in [1.165, 1.54) is 0 Å². The molecule has 1 aromatic heterocycles. The van der Waals surface area contributed by atoms with Gasteiger partial charge in [-0.25, -0.2) is 4.98 Å². The molecule has 0 unspecified atom stereocenters. The minimum absolute atomic E-state index is 0.0573. The summed E-state index contributed by atoms with van der Waals surface area (Å²) in [6, 6.07) is 14.5. The Morgan fingerprint density at radius 1 is 1.00 bits per heavy atom. The van der Waals surface area contributed by atoms with Gasteiger partial charge in [0.05, 0.1) is 6.33 Å². The van der Waals surface area contributed by atoms with Gasteiger partial charge in [0.2, 0.25) is 5.91 Å². The molecule has 0 aliphatic rings. The molecule has 2 N–H and O–H groups in total. The molecule has 1 heterocycles. The summed E-state index contributed by atoms with van der Waals surface area (Å²) >= 11 is 0. The fourth-order valence-corrected chi connectivity index (χ4v) is 2.68. The van der Waals surface area contributed by atoms with Crippen LogP contribution in [0.2, 0.25) is 0 Å². The predicted molar refractivity (Wildman–Crippen MR) is 98.5 cm³/mol. The lowest BCUT2D eigenvalue weighted by Gasteiger charge is -2.18. The number of amides is 2. The third-order valence-electron chi connectivity index (χ3n) is 4.13. The van der Waals surface area contributed by atoms with Gasteiger partial charge in [-0.05, 0) is 35.4 Å². The van der Waals surface area contributed by atoms with E-state index in [0.29, 0.717) is 17.7 Å². The van der Waals surface area contributed by atoms with Crippen LogP contribution in [0.4, 0.5) is 0 Å². The molecular formula is C20H20N4O2. The summed E-state index contributed by atoms with van der Waals surface area (Å²) in [6.07, 6.45) is 5.40. The van der Waals surface area contributed by atoms with Crippen LogP contribution in [0.25, 0.3) is 0 Å². The van der Waals surface area contributed by atoms with Crippen molar-refractivity contribution in [1.29, 1.82) is 0 Å². The van der Waals surface area contributed by atoms with Crippen molar-refractivity contribution in [3.63, 3.8) is 0 Å². The van der Waals surface area contributed by atoms with Crippen molar-refractivity contribution in [1.82, 2.24) is 14.5 Å². The molecule has 6 heteroatoms. The Hall–Kier alpha value is -3.41. The van der Waals surface area contributed by atoms with E-state index in [2.05, 4.69) is 4.98 Å². The van der Waals surface area contributed by atoms with Crippen molar-refractivity contribution in [2.75, 3.05) is 7.05 Å². The number of carbonyl (C=O) groups is 2. The van der Waals surface area contributed by atoms with E-state index < -0.39 is 5.91 Å². The molecule has 0 fully saturated rings. The zero-order valence-electron chi connectivity index (χ0n) is 14.5. The standard InChI is InChI=1S/C20H20N4O2/c1-23(12-15-2-6-17(7-3-15)19(21)25)20(26)18-8-4-16(5-9-18)13-24-11-10-22-14-24/h2-11,14H,12-13H2,1H3,(H2,21,25). The lowest BCUT2D eigenvalue weighted by Crippen LogP contribution is -2.26. The first kappa shape index (κ1) is 17.4. The summed E-state index contributed by atoms with van der Waals surface area (Å²) in [4.78, 5) is 29.4. The van der Waals surface area contributed by atoms with E-state index >= 15 is 0 Å². The lowest BCUT2D eigenvalue weighted by molar-refractivity contribution is 0.0784. The maximum atomic E-state index is 12.6. The minimum atomic E-state index is -0.461. The fraction of sp³-hybridized carbons (Fsp3) is 0.150. The van der Waals surface area contributed by atoms with Gasteiger partial charge in [-0.2, -0.15) is 0 Å². The van der Waals surface area contributed by atoms with Crippen LogP contribution in [-0.2, 0) is 13.1 Å². The number of imidazole rings is 1. The molecule has 2 amide bonds. The Morgan fingerprint density at radius 3 is 2.19 bits per heavy atom. The van der Waals surface area contributed by atoms with Gasteiger partial charge in [0.25, 0.3) is 5.91 Å². The molecule has 6 nitrogen and oxygen atoms in total. The van der Waals surface area contributed by atoms with Crippen LogP contribution < -0.4 is 5.73 Å². The van der Waals surface area contributed by atoms with Crippen molar-refractivity contribution in [3.8, 4) is 0 Å². The molecule has 0 radical (unpaired) electrons. The van der Waals surface area contributed by atoms with Gasteiger partial charge in [-0.1, -0.05) is 24.3 Å². The maximum Gasteiger partial charge on any atom is 0.253 e. The topological polar surface area (TPSA) is 81.2 Å². The fourth-order valence-electron chi connectivity index (χ4n) is 2.68. The van der Waals surface area contributed by atoms with Crippen LogP contribution >= 0.6 is 0 Å². The first-order valence-electron chi connectivity index (χ1n) is 8.22. The molecular weight excluding hydrogens is 328 g/mol. The number of nitrogens with two attached hydrogens (primary N) is 1. The number of nitrogens with zero attached hydrogens (tertiary/aromatic N) is 3. The summed E-state index contributed by atoms with van der Waals surface area (Å²) in [6.45, 7) is 1.17. The van der Waals surface area contributed by atoms with E-state index in [0.717, 1.165) is 17.7 Å². The Morgan fingerprint density at radius 2 is 1.62 bits per heavy atom. The number of hydrogen-bond donors (Lipinski definition) is 1. The van der Waals surface area contributed by atoms with Gasteiger partial charge >= 0.3 is 0 Å². The second-order valence-electron chi connectivity index (χ2n) is 6.15. The highest BCUT2D eigenvalue weighted by atomic mass is 16.2. The molecule has 26 heavy (non-hydrogen) atoms. The molecule has 0 bridgehead atoms. The van der Waals surface area contributed by atoms with E-state index in [-0.39, 0.29) is 5.91 Å². The van der Waals surface area contributed by atoms with E-state index in [1.807, 2.05) is 35.0 Å². The third kappa shape index (κ3) is 4.16. The highest BCUT2D eigenvalue weighted by Crippen LogP contribution is 2.12. The quantitative estimate of drug-likeness (QED) is 0.742. The molecule has 0 atom stereocenters. The molecule has 2 aromatic carbocycles. The largest absolute Gasteiger partial charge is 0.366 e. The molecule has 0 aliphatic heterocycles. The van der Waals surface area contributed by atoms with E-state index in [1.54, 1.807) is 48.7 Å². The van der Waals surface area contributed by atoms with Crippen LogP contribution in [0.15, 0.2) is 67.3 Å².